The van der Waals surface area contributed by atoms with Crippen LogP contribution in [0.3, 0.4) is 0 Å². The van der Waals surface area contributed by atoms with Crippen molar-refractivity contribution >= 4 is 63.9 Å². The first-order chi connectivity index (χ1) is 14.3. The summed E-state index contributed by atoms with van der Waals surface area (Å²) in [6, 6.07) is 11.8. The quantitative estimate of drug-likeness (QED) is 0.346. The molecule has 0 aliphatic carbocycles. The normalized spacial score (nSPS) is 10.8. The number of anilines is 1. The summed E-state index contributed by atoms with van der Waals surface area (Å²) in [5, 5.41) is 12.9. The summed E-state index contributed by atoms with van der Waals surface area (Å²) in [6.07, 6.45) is 0.623. The van der Waals surface area contributed by atoms with E-state index in [0.29, 0.717) is 43.7 Å². The molecule has 1 heterocycles. The summed E-state index contributed by atoms with van der Waals surface area (Å²) in [6.45, 7) is 0. The van der Waals surface area contributed by atoms with Gasteiger partial charge in [-0.25, -0.2) is 0 Å². The van der Waals surface area contributed by atoms with Gasteiger partial charge in [-0.3, -0.25) is 9.59 Å². The van der Waals surface area contributed by atoms with E-state index < -0.39 is 0 Å². The van der Waals surface area contributed by atoms with E-state index in [0.717, 1.165) is 0 Å². The first kappa shape index (κ1) is 22.6. The molecule has 1 aromatic heterocycles. The Morgan fingerprint density at radius 3 is 2.57 bits per heavy atom. The van der Waals surface area contributed by atoms with Crippen LogP contribution in [-0.4, -0.2) is 32.2 Å². The van der Waals surface area contributed by atoms with Gasteiger partial charge in [-0.05, 0) is 30.3 Å². The zero-order valence-corrected chi connectivity index (χ0v) is 18.9. The van der Waals surface area contributed by atoms with Crippen LogP contribution in [-0.2, 0) is 18.3 Å². The molecule has 156 valence electrons. The van der Waals surface area contributed by atoms with Gasteiger partial charge >= 0.3 is 0 Å². The number of nitrogens with zero attached hydrogens (tertiary/aromatic N) is 3. The standard InChI is InChI=1S/C20H17Cl3N4O2S/c1-27-18(8-9-19(29)24-16-5-3-2-4-14(16)22)25-26-20(27)30-11-17(28)13-7-6-12(21)10-15(13)23/h2-7,10H,8-9,11H2,1H3,(H,24,29). The van der Waals surface area contributed by atoms with E-state index in [1.165, 1.54) is 17.8 Å². The number of aryl methyl sites for hydroxylation is 1. The number of carbonyl (C=O) groups excluding carboxylic acids is 2. The fraction of sp³-hybridized carbons (Fsp3) is 0.200. The average molecular weight is 484 g/mol. The predicted molar refractivity (Wildman–Crippen MR) is 121 cm³/mol. The minimum absolute atomic E-state index is 0.134. The van der Waals surface area contributed by atoms with E-state index in [9.17, 15) is 9.59 Å². The third kappa shape index (κ3) is 5.76. The van der Waals surface area contributed by atoms with Gasteiger partial charge in [0.1, 0.15) is 5.82 Å². The lowest BCUT2D eigenvalue weighted by Crippen LogP contribution is -2.14. The number of halogens is 3. The highest BCUT2D eigenvalue weighted by atomic mass is 35.5. The summed E-state index contributed by atoms with van der Waals surface area (Å²) in [7, 11) is 1.80. The topological polar surface area (TPSA) is 76.9 Å². The smallest absolute Gasteiger partial charge is 0.224 e. The largest absolute Gasteiger partial charge is 0.325 e. The van der Waals surface area contributed by atoms with Gasteiger partial charge in [0.15, 0.2) is 10.9 Å². The van der Waals surface area contributed by atoms with Crippen molar-refractivity contribution < 1.29 is 9.59 Å². The minimum atomic E-state index is -0.173. The first-order valence-corrected chi connectivity index (χ1v) is 11.0. The van der Waals surface area contributed by atoms with Gasteiger partial charge in [0.25, 0.3) is 0 Å². The van der Waals surface area contributed by atoms with Gasteiger partial charge in [-0.15, -0.1) is 10.2 Å². The maximum atomic E-state index is 12.4. The monoisotopic (exact) mass is 482 g/mol. The van der Waals surface area contributed by atoms with Crippen molar-refractivity contribution in [2.75, 3.05) is 11.1 Å². The Kier molecular flexibility index (Phi) is 7.77. The van der Waals surface area contributed by atoms with Crippen LogP contribution in [0.1, 0.15) is 22.6 Å². The maximum absolute atomic E-state index is 12.4. The number of amides is 1. The number of hydrogen-bond acceptors (Lipinski definition) is 5. The van der Waals surface area contributed by atoms with E-state index >= 15 is 0 Å². The van der Waals surface area contributed by atoms with E-state index in [1.807, 2.05) is 0 Å². The zero-order valence-electron chi connectivity index (χ0n) is 15.9. The van der Waals surface area contributed by atoms with Gasteiger partial charge < -0.3 is 9.88 Å². The molecule has 0 unspecified atom stereocenters. The van der Waals surface area contributed by atoms with Crippen LogP contribution in [0.15, 0.2) is 47.6 Å². The second-order valence-corrected chi connectivity index (χ2v) is 8.52. The number of carbonyl (C=O) groups is 2. The molecule has 0 spiro atoms. The Hall–Kier alpha value is -2.06. The molecule has 1 amide bonds. The summed E-state index contributed by atoms with van der Waals surface area (Å²) >= 11 is 19.3. The average Bonchev–Trinajstić information content (AvgIpc) is 3.06. The third-order valence-electron chi connectivity index (χ3n) is 4.21. The van der Waals surface area contributed by atoms with E-state index in [4.69, 9.17) is 34.8 Å². The summed E-state index contributed by atoms with van der Waals surface area (Å²) in [5.74, 6) is 0.488. The van der Waals surface area contributed by atoms with Crippen molar-refractivity contribution in [3.8, 4) is 0 Å². The number of para-hydroxylation sites is 1. The van der Waals surface area contributed by atoms with Gasteiger partial charge in [-0.2, -0.15) is 0 Å². The van der Waals surface area contributed by atoms with Crippen LogP contribution < -0.4 is 5.32 Å². The highest BCUT2D eigenvalue weighted by molar-refractivity contribution is 7.99. The molecule has 3 rings (SSSR count). The molecule has 2 aromatic carbocycles. The summed E-state index contributed by atoms with van der Waals surface area (Å²) in [5.41, 5.74) is 0.977. The Morgan fingerprint density at radius 2 is 1.83 bits per heavy atom. The number of thioether (sulfide) groups is 1. The highest BCUT2D eigenvalue weighted by Gasteiger charge is 2.16. The van der Waals surface area contributed by atoms with Gasteiger partial charge in [0.05, 0.1) is 21.5 Å². The van der Waals surface area contributed by atoms with E-state index in [-0.39, 0.29) is 23.9 Å². The Balaban J connectivity index is 1.54. The molecule has 0 bridgehead atoms. The van der Waals surface area contributed by atoms with Gasteiger partial charge in [0.2, 0.25) is 5.91 Å². The van der Waals surface area contributed by atoms with Crippen LogP contribution in [0.4, 0.5) is 5.69 Å². The molecule has 6 nitrogen and oxygen atoms in total. The SMILES string of the molecule is Cn1c(CCC(=O)Nc2ccccc2Cl)nnc1SCC(=O)c1ccc(Cl)cc1Cl. The molecular formula is C20H17Cl3N4O2S. The van der Waals surface area contributed by atoms with Crippen LogP contribution in [0.25, 0.3) is 0 Å². The molecule has 0 saturated carbocycles. The zero-order chi connectivity index (χ0) is 21.7. The van der Waals surface area contributed by atoms with E-state index in [1.54, 1.807) is 48.0 Å². The molecule has 1 N–H and O–H groups in total. The molecule has 10 heteroatoms. The minimum Gasteiger partial charge on any atom is -0.325 e. The third-order valence-corrected chi connectivity index (χ3v) is 6.11. The lowest BCUT2D eigenvalue weighted by Gasteiger charge is -2.07. The van der Waals surface area contributed by atoms with Crippen molar-refractivity contribution in [3.63, 3.8) is 0 Å². The van der Waals surface area contributed by atoms with Gasteiger partial charge in [0, 0.05) is 30.5 Å². The predicted octanol–water partition coefficient (Wildman–Crippen LogP) is 5.32. The molecule has 0 saturated heterocycles. The number of aromatic nitrogens is 3. The summed E-state index contributed by atoms with van der Waals surface area (Å²) < 4.78 is 1.77. The second-order valence-electron chi connectivity index (χ2n) is 6.32. The van der Waals surface area contributed by atoms with Crippen LogP contribution in [0, 0.1) is 0 Å². The number of benzene rings is 2. The van der Waals surface area contributed by atoms with Crippen LogP contribution in [0.5, 0.6) is 0 Å². The Labute approximate surface area is 192 Å². The highest BCUT2D eigenvalue weighted by Crippen LogP contribution is 2.24. The molecule has 0 aliphatic heterocycles. The molecule has 0 radical (unpaired) electrons. The molecule has 3 aromatic rings. The molecule has 0 fully saturated rings. The Morgan fingerprint density at radius 1 is 1.07 bits per heavy atom. The molecule has 0 atom stereocenters. The van der Waals surface area contributed by atoms with Crippen molar-refractivity contribution in [1.29, 1.82) is 0 Å². The lowest BCUT2D eigenvalue weighted by atomic mass is 10.1. The number of ketones is 1. The van der Waals surface area contributed by atoms with Crippen molar-refractivity contribution in [2.24, 2.45) is 7.05 Å². The fourth-order valence-electron chi connectivity index (χ4n) is 2.61. The van der Waals surface area contributed by atoms with Gasteiger partial charge in [-0.1, -0.05) is 58.7 Å². The Bertz CT molecular complexity index is 1090. The number of Topliss-reactive ketones (excluding diaryl/α,β-unsaturated/α-hetero) is 1. The molecule has 30 heavy (non-hydrogen) atoms. The van der Waals surface area contributed by atoms with Crippen molar-refractivity contribution in [1.82, 2.24) is 14.8 Å². The van der Waals surface area contributed by atoms with Crippen molar-refractivity contribution in [3.05, 3.63) is 68.9 Å². The lowest BCUT2D eigenvalue weighted by molar-refractivity contribution is -0.116. The molecular weight excluding hydrogens is 467 g/mol. The van der Waals surface area contributed by atoms with Crippen LogP contribution >= 0.6 is 46.6 Å². The maximum Gasteiger partial charge on any atom is 0.224 e. The summed E-state index contributed by atoms with van der Waals surface area (Å²) in [4.78, 5) is 24.6. The number of rotatable bonds is 8. The first-order valence-electron chi connectivity index (χ1n) is 8.89. The van der Waals surface area contributed by atoms with E-state index in [2.05, 4.69) is 15.5 Å². The second kappa shape index (κ2) is 10.3. The number of hydrogen-bond donors (Lipinski definition) is 1. The van der Waals surface area contributed by atoms with Crippen LogP contribution in [0.2, 0.25) is 15.1 Å². The van der Waals surface area contributed by atoms with Crippen molar-refractivity contribution in [2.45, 2.75) is 18.0 Å². The molecule has 0 aliphatic rings. The number of nitrogens with one attached hydrogen (secondary N) is 1. The fourth-order valence-corrected chi connectivity index (χ4v) is 4.12.